The zero-order chi connectivity index (χ0) is 22.1. The second-order valence-corrected chi connectivity index (χ2v) is 10.5. The van der Waals surface area contributed by atoms with Gasteiger partial charge in [-0.2, -0.15) is 4.31 Å². The number of hydrogen-bond donors (Lipinski definition) is 0. The second-order valence-electron chi connectivity index (χ2n) is 8.58. The van der Waals surface area contributed by atoms with Crippen LogP contribution in [0, 0.1) is 6.92 Å². The van der Waals surface area contributed by atoms with E-state index in [0.29, 0.717) is 17.3 Å². The number of rotatable bonds is 4. The number of carbonyl (C=O) groups is 1. The third kappa shape index (κ3) is 4.82. The molecule has 0 saturated carbocycles. The Labute approximate surface area is 178 Å². The van der Waals surface area contributed by atoms with Gasteiger partial charge in [0, 0.05) is 19.8 Å². The van der Waals surface area contributed by atoms with Crippen LogP contribution in [-0.2, 0) is 14.8 Å². The molecule has 162 valence electrons. The number of ether oxygens (including phenoxy) is 1. The fourth-order valence-corrected chi connectivity index (χ4v) is 5.11. The summed E-state index contributed by atoms with van der Waals surface area (Å²) in [5, 5.41) is 0. The van der Waals surface area contributed by atoms with Crippen LogP contribution in [0.2, 0.25) is 0 Å². The van der Waals surface area contributed by atoms with Gasteiger partial charge in [-0.1, -0.05) is 23.8 Å². The lowest BCUT2D eigenvalue weighted by Crippen LogP contribution is -2.34. The van der Waals surface area contributed by atoms with Gasteiger partial charge in [0.25, 0.3) is 0 Å². The molecular formula is C22H29N3O4S. The Hall–Kier alpha value is -2.45. The first-order valence-electron chi connectivity index (χ1n) is 10.0. The highest BCUT2D eigenvalue weighted by atomic mass is 32.2. The Morgan fingerprint density at radius 3 is 2.40 bits per heavy atom. The summed E-state index contributed by atoms with van der Waals surface area (Å²) in [5.74, 6) is 0.443. The van der Waals surface area contributed by atoms with Crippen molar-refractivity contribution < 1.29 is 17.9 Å². The summed E-state index contributed by atoms with van der Waals surface area (Å²) >= 11 is 0. The molecule has 7 nitrogen and oxygen atoms in total. The number of benzene rings is 1. The maximum atomic E-state index is 13.2. The lowest BCUT2D eigenvalue weighted by molar-refractivity contribution is 0.0588. The quantitative estimate of drug-likeness (QED) is 0.722. The molecule has 8 heteroatoms. The SMILES string of the molecule is Cc1ccc(S(=O)(=O)N2CCC[C@H]2c2ccc(N(C)C(=O)OC(C)(C)C)nc2)cc1. The summed E-state index contributed by atoms with van der Waals surface area (Å²) in [4.78, 5) is 18.3. The molecule has 0 N–H and O–H groups in total. The van der Waals surface area contributed by atoms with Crippen molar-refractivity contribution >= 4 is 21.9 Å². The van der Waals surface area contributed by atoms with Crippen LogP contribution in [-0.4, -0.2) is 43.0 Å². The number of nitrogens with zero attached hydrogens (tertiary/aromatic N) is 3. The lowest BCUT2D eigenvalue weighted by atomic mass is 10.1. The molecule has 0 unspecified atom stereocenters. The van der Waals surface area contributed by atoms with Crippen LogP contribution in [0.3, 0.4) is 0 Å². The molecule has 1 saturated heterocycles. The van der Waals surface area contributed by atoms with E-state index in [1.165, 1.54) is 4.90 Å². The van der Waals surface area contributed by atoms with Crippen molar-refractivity contribution in [3.05, 3.63) is 53.7 Å². The van der Waals surface area contributed by atoms with Crippen molar-refractivity contribution in [1.29, 1.82) is 0 Å². The van der Waals surface area contributed by atoms with Crippen molar-refractivity contribution in [2.45, 2.75) is 57.1 Å². The van der Waals surface area contributed by atoms with E-state index in [1.807, 2.05) is 13.0 Å². The van der Waals surface area contributed by atoms with Crippen molar-refractivity contribution in [2.75, 3.05) is 18.5 Å². The number of pyridine rings is 1. The Bertz CT molecular complexity index is 996. The van der Waals surface area contributed by atoms with Gasteiger partial charge in [-0.25, -0.2) is 18.2 Å². The summed E-state index contributed by atoms with van der Waals surface area (Å²) < 4.78 is 33.2. The Morgan fingerprint density at radius 2 is 1.83 bits per heavy atom. The molecule has 0 aliphatic carbocycles. The number of carbonyl (C=O) groups excluding carboxylic acids is 1. The first-order valence-corrected chi connectivity index (χ1v) is 11.4. The molecule has 3 rings (SSSR count). The highest BCUT2D eigenvalue weighted by Crippen LogP contribution is 2.36. The van der Waals surface area contributed by atoms with Crippen LogP contribution in [0.25, 0.3) is 0 Å². The molecule has 1 atom stereocenters. The van der Waals surface area contributed by atoms with Gasteiger partial charge < -0.3 is 4.74 Å². The lowest BCUT2D eigenvalue weighted by Gasteiger charge is -2.26. The van der Waals surface area contributed by atoms with E-state index in [0.717, 1.165) is 24.0 Å². The first-order chi connectivity index (χ1) is 14.0. The van der Waals surface area contributed by atoms with Crippen LogP contribution in [0.4, 0.5) is 10.6 Å². The molecule has 0 bridgehead atoms. The van der Waals surface area contributed by atoms with E-state index in [2.05, 4.69) is 4.98 Å². The van der Waals surface area contributed by atoms with Gasteiger partial charge in [0.1, 0.15) is 11.4 Å². The average molecular weight is 432 g/mol. The van der Waals surface area contributed by atoms with Gasteiger partial charge >= 0.3 is 6.09 Å². The number of aromatic nitrogens is 1. The van der Waals surface area contributed by atoms with Gasteiger partial charge in [0.2, 0.25) is 10.0 Å². The molecule has 1 fully saturated rings. The smallest absolute Gasteiger partial charge is 0.415 e. The molecule has 2 heterocycles. The van der Waals surface area contributed by atoms with E-state index in [-0.39, 0.29) is 6.04 Å². The summed E-state index contributed by atoms with van der Waals surface area (Å²) in [5.41, 5.74) is 1.23. The maximum Gasteiger partial charge on any atom is 0.415 e. The van der Waals surface area contributed by atoms with Crippen molar-refractivity contribution in [3.63, 3.8) is 0 Å². The minimum Gasteiger partial charge on any atom is -0.443 e. The predicted molar refractivity (Wildman–Crippen MR) is 116 cm³/mol. The molecule has 2 aromatic rings. The molecule has 30 heavy (non-hydrogen) atoms. The molecular weight excluding hydrogens is 402 g/mol. The zero-order valence-electron chi connectivity index (χ0n) is 18.1. The number of aryl methyl sites for hydroxylation is 1. The molecule has 1 aromatic heterocycles. The molecule has 1 amide bonds. The minimum atomic E-state index is -3.59. The number of amides is 1. The van der Waals surface area contributed by atoms with Crippen LogP contribution >= 0.6 is 0 Å². The fourth-order valence-electron chi connectivity index (χ4n) is 3.42. The molecule has 0 radical (unpaired) electrons. The second kappa shape index (κ2) is 8.35. The Morgan fingerprint density at radius 1 is 1.17 bits per heavy atom. The summed E-state index contributed by atoms with van der Waals surface area (Å²) in [7, 11) is -1.99. The summed E-state index contributed by atoms with van der Waals surface area (Å²) in [6.45, 7) is 7.81. The zero-order valence-corrected chi connectivity index (χ0v) is 18.9. The standard InChI is InChI=1S/C22H29N3O4S/c1-16-8-11-18(12-9-16)30(27,28)25-14-6-7-19(25)17-10-13-20(23-15-17)24(5)21(26)29-22(2,3)4/h8-13,15,19H,6-7,14H2,1-5H3/t19-/m0/s1. The van der Waals surface area contributed by atoms with Crippen LogP contribution < -0.4 is 4.90 Å². The molecule has 1 aliphatic rings. The third-order valence-electron chi connectivity index (χ3n) is 5.00. The highest BCUT2D eigenvalue weighted by molar-refractivity contribution is 7.89. The van der Waals surface area contributed by atoms with Crippen molar-refractivity contribution in [2.24, 2.45) is 0 Å². The Kier molecular flexibility index (Phi) is 6.19. The fraction of sp³-hybridized carbons (Fsp3) is 0.455. The van der Waals surface area contributed by atoms with Gasteiger partial charge in [0.15, 0.2) is 0 Å². The van der Waals surface area contributed by atoms with Gasteiger partial charge in [-0.05, 0) is 64.3 Å². The monoisotopic (exact) mass is 431 g/mol. The molecule has 1 aromatic carbocycles. The summed E-state index contributed by atoms with van der Waals surface area (Å²) in [6, 6.07) is 10.2. The average Bonchev–Trinajstić information content (AvgIpc) is 3.17. The third-order valence-corrected chi connectivity index (χ3v) is 6.92. The van der Waals surface area contributed by atoms with Gasteiger partial charge in [0.05, 0.1) is 10.9 Å². The predicted octanol–water partition coefficient (Wildman–Crippen LogP) is 4.29. The van der Waals surface area contributed by atoms with E-state index < -0.39 is 21.7 Å². The maximum absolute atomic E-state index is 13.2. The van der Waals surface area contributed by atoms with Crippen molar-refractivity contribution in [1.82, 2.24) is 9.29 Å². The van der Waals surface area contributed by atoms with E-state index in [1.54, 1.807) is 68.7 Å². The number of anilines is 1. The van der Waals surface area contributed by atoms with Crippen LogP contribution in [0.15, 0.2) is 47.5 Å². The molecule has 1 aliphatic heterocycles. The summed E-state index contributed by atoms with van der Waals surface area (Å²) in [6.07, 6.45) is 2.67. The topological polar surface area (TPSA) is 79.8 Å². The van der Waals surface area contributed by atoms with Crippen molar-refractivity contribution in [3.8, 4) is 0 Å². The van der Waals surface area contributed by atoms with Crippen LogP contribution in [0.1, 0.15) is 50.8 Å². The van der Waals surface area contributed by atoms with Crippen LogP contribution in [0.5, 0.6) is 0 Å². The Balaban J connectivity index is 1.80. The largest absolute Gasteiger partial charge is 0.443 e. The van der Waals surface area contributed by atoms with E-state index in [4.69, 9.17) is 4.74 Å². The molecule has 0 spiro atoms. The minimum absolute atomic E-state index is 0.273. The highest BCUT2D eigenvalue weighted by Gasteiger charge is 2.36. The van der Waals surface area contributed by atoms with E-state index >= 15 is 0 Å². The van der Waals surface area contributed by atoms with Gasteiger partial charge in [-0.15, -0.1) is 0 Å². The number of hydrogen-bond acceptors (Lipinski definition) is 5. The first kappa shape index (κ1) is 22.2. The number of sulfonamides is 1. The normalized spacial score (nSPS) is 17.7. The van der Waals surface area contributed by atoms with Gasteiger partial charge in [-0.3, -0.25) is 4.90 Å². The van der Waals surface area contributed by atoms with E-state index in [9.17, 15) is 13.2 Å².